The molecule has 1 heterocycles. The molecule has 2 saturated carbocycles. The number of unbranched alkanes of at least 4 members (excludes halogenated alkanes) is 1. The minimum absolute atomic E-state index is 0.0389. The minimum atomic E-state index is -0.838. The molecule has 1 saturated heterocycles. The highest BCUT2D eigenvalue weighted by Crippen LogP contribution is 2.44. The molecule has 62 heavy (non-hydrogen) atoms. The van der Waals surface area contributed by atoms with Crippen molar-refractivity contribution >= 4 is 42.2 Å². The summed E-state index contributed by atoms with van der Waals surface area (Å²) in [7, 11) is 1.75. The molecule has 0 spiro atoms. The summed E-state index contributed by atoms with van der Waals surface area (Å²) in [5.41, 5.74) is -1.17. The van der Waals surface area contributed by atoms with Gasteiger partial charge in [-0.3, -0.25) is 24.0 Å². The number of hydrogen-bond acceptors (Lipinski definition) is 7. The van der Waals surface area contributed by atoms with Crippen LogP contribution in [0.3, 0.4) is 0 Å². The average Bonchev–Trinajstić information content (AvgIpc) is 3.90. The van der Waals surface area contributed by atoms with Crippen LogP contribution in [0.15, 0.2) is 13.2 Å². The highest BCUT2D eigenvalue weighted by molar-refractivity contribution is 5.95. The van der Waals surface area contributed by atoms with Crippen LogP contribution in [0.25, 0.3) is 0 Å². The lowest BCUT2D eigenvalue weighted by Gasteiger charge is -2.43. The summed E-state index contributed by atoms with van der Waals surface area (Å²) in [5.74, 6) is 0.125. The Morgan fingerprint density at radius 3 is 1.87 bits per heavy atom. The number of amides is 6. The Labute approximate surface area is 377 Å². The number of likely N-dealkylation sites (N-methyl/N-ethyl adjacent to an activating group) is 1. The van der Waals surface area contributed by atoms with Gasteiger partial charge < -0.3 is 35.9 Å². The molecule has 0 bridgehead atoms. The fourth-order valence-electron chi connectivity index (χ4n) is 8.24. The highest BCUT2D eigenvalue weighted by Gasteiger charge is 2.47. The number of Topliss-reactive ketones (excluding diaryl/α,β-unsaturated/α-hetero) is 1. The molecule has 3 rings (SSSR count). The number of aldehydes is 1. The van der Waals surface area contributed by atoms with Crippen LogP contribution in [0.1, 0.15) is 186 Å². The molecule has 0 aromatic heterocycles. The largest absolute Gasteiger partial charge is 0.359 e. The van der Waals surface area contributed by atoms with Crippen LogP contribution >= 0.6 is 0 Å². The molecule has 0 radical (unpaired) electrons. The van der Waals surface area contributed by atoms with E-state index in [-0.39, 0.29) is 35.5 Å². The Kier molecular flexibility index (Phi) is 31.1. The minimum Gasteiger partial charge on any atom is -0.359 e. The monoisotopic (exact) mass is 877 g/mol. The lowest BCUT2D eigenvalue weighted by Crippen LogP contribution is -2.62. The summed E-state index contributed by atoms with van der Waals surface area (Å²) < 4.78 is 0. The third kappa shape index (κ3) is 22.0. The normalized spacial score (nSPS) is 18.7. The van der Waals surface area contributed by atoms with E-state index in [1.165, 1.54) is 6.92 Å². The Balaban J connectivity index is 0. The van der Waals surface area contributed by atoms with Crippen molar-refractivity contribution in [1.82, 2.24) is 31.1 Å². The number of nitrogens with zero attached hydrogens (tertiary/aromatic N) is 2. The molecular weight excluding hydrogens is 785 g/mol. The van der Waals surface area contributed by atoms with Crippen molar-refractivity contribution in [1.29, 1.82) is 0 Å². The van der Waals surface area contributed by atoms with E-state index in [0.717, 1.165) is 89.4 Å². The van der Waals surface area contributed by atoms with Gasteiger partial charge in [-0.1, -0.05) is 114 Å². The lowest BCUT2D eigenvalue weighted by atomic mass is 9.70. The standard InChI is InChI=1S/C38H65N5O6.C4H10.C3H7NO.C2H6.C2H4/c1-8-9-16-28(27(2)45)39-33(47)29-17-15-23-43(29)34(48)32(37(6)18-11-10-12-19-37)41-35(49)40-30(36(3,4)5)26-42(7)31(46)25-38(22-24-44)20-13-14-21-38;1-4(2)3;1-2-4-3-5;2*1-2/h24,28-30,32H,8-23,25-26H2,1-7H3,(H,39,47)(H2,40,41,49);4H,1-3H3;3H,2H2,1H3,(H,4,5);1-2H3;1-2H2. The first-order valence-electron chi connectivity index (χ1n) is 23.7. The molecule has 4 unspecified atom stereocenters. The van der Waals surface area contributed by atoms with Crippen molar-refractivity contribution in [2.75, 3.05) is 26.7 Å². The van der Waals surface area contributed by atoms with E-state index in [9.17, 15) is 33.6 Å². The van der Waals surface area contributed by atoms with E-state index in [4.69, 9.17) is 0 Å². The van der Waals surface area contributed by atoms with Crippen LogP contribution in [0, 0.1) is 22.2 Å². The van der Waals surface area contributed by atoms with Crippen molar-refractivity contribution in [3.63, 3.8) is 0 Å². The molecule has 4 atom stereocenters. The van der Waals surface area contributed by atoms with Gasteiger partial charge in [-0.05, 0) is 81.0 Å². The van der Waals surface area contributed by atoms with Crippen LogP contribution in [-0.4, -0.2) is 103 Å². The summed E-state index contributed by atoms with van der Waals surface area (Å²) in [5, 5.41) is 11.5. The topological polar surface area (TPSA) is 174 Å². The van der Waals surface area contributed by atoms with Crippen LogP contribution in [0.5, 0.6) is 0 Å². The van der Waals surface area contributed by atoms with Gasteiger partial charge in [0.25, 0.3) is 0 Å². The molecule has 6 amide bonds. The van der Waals surface area contributed by atoms with Crippen LogP contribution in [-0.2, 0) is 28.8 Å². The molecule has 13 heteroatoms. The number of carbonyl (C=O) groups is 7. The van der Waals surface area contributed by atoms with Crippen molar-refractivity contribution in [2.45, 2.75) is 210 Å². The van der Waals surface area contributed by atoms with Crippen molar-refractivity contribution in [3.05, 3.63) is 13.2 Å². The van der Waals surface area contributed by atoms with E-state index >= 15 is 0 Å². The summed E-state index contributed by atoms with van der Waals surface area (Å²) in [6.45, 7) is 31.4. The maximum atomic E-state index is 14.4. The zero-order chi connectivity index (χ0) is 48.1. The van der Waals surface area contributed by atoms with Crippen molar-refractivity contribution < 1.29 is 33.6 Å². The van der Waals surface area contributed by atoms with Gasteiger partial charge in [0.2, 0.25) is 24.1 Å². The fourth-order valence-corrected chi connectivity index (χ4v) is 8.24. The SMILES string of the molecule is C=C.CC.CC(C)C.CCCCC(NC(=O)C1CCCN1C(=O)C(NC(=O)NC(CN(C)C(=O)CC1(CC=O)CCCC1)C(C)(C)C)C1(C)CCCCC1)C(C)=O.CCNC=O. The van der Waals surface area contributed by atoms with Gasteiger partial charge in [-0.2, -0.15) is 0 Å². The van der Waals surface area contributed by atoms with Gasteiger partial charge in [0, 0.05) is 39.5 Å². The van der Waals surface area contributed by atoms with Crippen LogP contribution < -0.4 is 21.3 Å². The van der Waals surface area contributed by atoms with Crippen LogP contribution in [0.4, 0.5) is 4.79 Å². The number of rotatable bonds is 18. The predicted molar refractivity (Wildman–Crippen MR) is 253 cm³/mol. The van der Waals surface area contributed by atoms with Crippen molar-refractivity contribution in [3.8, 4) is 0 Å². The molecule has 0 aromatic rings. The summed E-state index contributed by atoms with van der Waals surface area (Å²) in [6.07, 6.45) is 14.1. The maximum absolute atomic E-state index is 14.4. The third-order valence-electron chi connectivity index (χ3n) is 11.9. The molecular formula is C49H92N6O7. The molecule has 1 aliphatic heterocycles. The van der Waals surface area contributed by atoms with Gasteiger partial charge in [0.15, 0.2) is 5.78 Å². The van der Waals surface area contributed by atoms with Gasteiger partial charge >= 0.3 is 6.03 Å². The van der Waals surface area contributed by atoms with E-state index in [2.05, 4.69) is 62.1 Å². The molecule has 0 aromatic carbocycles. The number of likely N-dealkylation sites (tertiary alicyclic amines) is 1. The number of nitrogens with one attached hydrogen (secondary N) is 4. The second-order valence-electron chi connectivity index (χ2n) is 19.1. The molecule has 3 fully saturated rings. The number of urea groups is 1. The Morgan fingerprint density at radius 1 is 0.871 bits per heavy atom. The molecule has 13 nitrogen and oxygen atoms in total. The molecule has 2 aliphatic carbocycles. The second kappa shape index (κ2) is 32.0. The second-order valence-corrected chi connectivity index (χ2v) is 19.1. The Hall–Kier alpha value is -3.77. The predicted octanol–water partition coefficient (Wildman–Crippen LogP) is 8.54. The first-order valence-corrected chi connectivity index (χ1v) is 23.7. The summed E-state index contributed by atoms with van der Waals surface area (Å²) in [4.78, 5) is 91.5. The van der Waals surface area contributed by atoms with Gasteiger partial charge in [0.1, 0.15) is 18.4 Å². The van der Waals surface area contributed by atoms with Gasteiger partial charge in [0.05, 0.1) is 12.1 Å². The maximum Gasteiger partial charge on any atom is 0.315 e. The average molecular weight is 877 g/mol. The third-order valence-corrected chi connectivity index (χ3v) is 11.9. The van der Waals surface area contributed by atoms with E-state index < -0.39 is 41.0 Å². The van der Waals surface area contributed by atoms with E-state index in [1.807, 2.05) is 48.5 Å². The van der Waals surface area contributed by atoms with Crippen LogP contribution in [0.2, 0.25) is 0 Å². The fraction of sp³-hybridized carbons (Fsp3) is 0.816. The number of carbonyl (C=O) groups excluding carboxylic acids is 7. The zero-order valence-corrected chi connectivity index (χ0v) is 41.6. The molecule has 360 valence electrons. The molecule has 4 N–H and O–H groups in total. The van der Waals surface area contributed by atoms with Gasteiger partial charge in [-0.15, -0.1) is 13.2 Å². The van der Waals surface area contributed by atoms with Crippen molar-refractivity contribution in [2.24, 2.45) is 22.2 Å². The smallest absolute Gasteiger partial charge is 0.315 e. The Morgan fingerprint density at radius 2 is 1.42 bits per heavy atom. The highest BCUT2D eigenvalue weighted by atomic mass is 16.2. The first kappa shape index (κ1) is 60.3. The Bertz CT molecular complexity index is 1320. The lowest BCUT2D eigenvalue weighted by molar-refractivity contribution is -0.143. The first-order chi connectivity index (χ1) is 29.2. The van der Waals surface area contributed by atoms with E-state index in [1.54, 1.807) is 16.8 Å². The van der Waals surface area contributed by atoms with E-state index in [0.29, 0.717) is 45.1 Å². The molecule has 3 aliphatic rings. The quantitative estimate of drug-likeness (QED) is 0.0789. The number of ketones is 1. The van der Waals surface area contributed by atoms with Gasteiger partial charge in [-0.25, -0.2) is 4.79 Å². The summed E-state index contributed by atoms with van der Waals surface area (Å²) in [6, 6.07) is -3.00. The zero-order valence-electron chi connectivity index (χ0n) is 41.6. The summed E-state index contributed by atoms with van der Waals surface area (Å²) >= 11 is 0. The number of hydrogen-bond donors (Lipinski definition) is 4.